The first-order chi connectivity index (χ1) is 8.66. The van der Waals surface area contributed by atoms with E-state index in [4.69, 9.17) is 0 Å². The van der Waals surface area contributed by atoms with E-state index in [-0.39, 0.29) is 17.8 Å². The molecule has 1 aliphatic rings. The molecule has 0 saturated carbocycles. The van der Waals surface area contributed by atoms with Gasteiger partial charge in [0.05, 0.1) is 6.04 Å². The van der Waals surface area contributed by atoms with Crippen LogP contribution in [0.15, 0.2) is 22.7 Å². The van der Waals surface area contributed by atoms with Crippen molar-refractivity contribution in [1.29, 1.82) is 0 Å². The van der Waals surface area contributed by atoms with Crippen LogP contribution in [-0.4, -0.2) is 30.1 Å². The summed E-state index contributed by atoms with van der Waals surface area (Å²) < 4.78 is 14.3. The van der Waals surface area contributed by atoms with Crippen molar-refractivity contribution in [2.24, 2.45) is 0 Å². The molecule has 1 aliphatic heterocycles. The number of amides is 1. The van der Waals surface area contributed by atoms with E-state index in [0.717, 1.165) is 16.1 Å². The molecule has 98 valence electrons. The molecule has 1 saturated heterocycles. The predicted molar refractivity (Wildman–Crippen MR) is 75.1 cm³/mol. The molecule has 0 aliphatic carbocycles. The highest BCUT2D eigenvalue weighted by atomic mass is 79.9. The van der Waals surface area contributed by atoms with Crippen molar-refractivity contribution in [2.75, 3.05) is 18.2 Å². The van der Waals surface area contributed by atoms with Crippen molar-refractivity contribution in [1.82, 2.24) is 10.6 Å². The summed E-state index contributed by atoms with van der Waals surface area (Å²) in [6.07, 6.45) is 0.497. The molecule has 6 heteroatoms. The molecule has 0 aromatic heterocycles. The van der Waals surface area contributed by atoms with Crippen LogP contribution < -0.4 is 10.6 Å². The normalized spacial score (nSPS) is 18.9. The van der Waals surface area contributed by atoms with Crippen molar-refractivity contribution in [3.63, 3.8) is 0 Å². The molecule has 1 heterocycles. The Morgan fingerprint density at radius 1 is 1.61 bits per heavy atom. The number of benzene rings is 1. The predicted octanol–water partition coefficient (Wildman–Crippen LogP) is 1.91. The summed E-state index contributed by atoms with van der Waals surface area (Å²) in [5.41, 5.74) is 0.610. The van der Waals surface area contributed by atoms with E-state index >= 15 is 0 Å². The van der Waals surface area contributed by atoms with E-state index in [2.05, 4.69) is 26.6 Å². The lowest BCUT2D eigenvalue weighted by molar-refractivity contribution is -0.122. The van der Waals surface area contributed by atoms with E-state index in [1.807, 2.05) is 0 Å². The molecule has 2 rings (SSSR count). The van der Waals surface area contributed by atoms with Crippen LogP contribution in [0.25, 0.3) is 0 Å². The van der Waals surface area contributed by atoms with Gasteiger partial charge in [0.25, 0.3) is 0 Å². The van der Waals surface area contributed by atoms with Crippen LogP contribution in [0, 0.1) is 5.82 Å². The molecular weight excluding hydrogens is 319 g/mol. The second kappa shape index (κ2) is 6.54. The van der Waals surface area contributed by atoms with E-state index in [0.29, 0.717) is 18.5 Å². The average Bonchev–Trinajstić information content (AvgIpc) is 2.87. The van der Waals surface area contributed by atoms with Gasteiger partial charge < -0.3 is 5.32 Å². The largest absolute Gasteiger partial charge is 0.354 e. The van der Waals surface area contributed by atoms with Gasteiger partial charge in [-0.05, 0) is 30.2 Å². The van der Waals surface area contributed by atoms with Gasteiger partial charge in [-0.3, -0.25) is 10.1 Å². The Morgan fingerprint density at radius 3 is 3.17 bits per heavy atom. The van der Waals surface area contributed by atoms with Gasteiger partial charge in [-0.2, -0.15) is 0 Å². The highest BCUT2D eigenvalue weighted by molar-refractivity contribution is 9.10. The second-order valence-corrected chi connectivity index (χ2v) is 5.99. The van der Waals surface area contributed by atoms with Crippen molar-refractivity contribution < 1.29 is 9.18 Å². The van der Waals surface area contributed by atoms with Crippen LogP contribution in [0.2, 0.25) is 0 Å². The van der Waals surface area contributed by atoms with Gasteiger partial charge in [-0.1, -0.05) is 15.9 Å². The monoisotopic (exact) mass is 332 g/mol. The first-order valence-corrected chi connectivity index (χ1v) is 7.64. The zero-order valence-corrected chi connectivity index (χ0v) is 12.1. The molecule has 0 bridgehead atoms. The molecule has 1 aromatic carbocycles. The molecule has 1 amide bonds. The third-order valence-corrected chi connectivity index (χ3v) is 4.17. The third-order valence-electron chi connectivity index (χ3n) is 2.73. The lowest BCUT2D eigenvalue weighted by Crippen LogP contribution is -2.42. The Morgan fingerprint density at radius 2 is 2.44 bits per heavy atom. The topological polar surface area (TPSA) is 41.1 Å². The van der Waals surface area contributed by atoms with Crippen molar-refractivity contribution in [2.45, 2.75) is 12.5 Å². The zero-order valence-electron chi connectivity index (χ0n) is 9.71. The number of nitrogens with one attached hydrogen (secondary N) is 2. The Kier molecular flexibility index (Phi) is 5.03. The average molecular weight is 333 g/mol. The second-order valence-electron chi connectivity index (χ2n) is 4.05. The highest BCUT2D eigenvalue weighted by Gasteiger charge is 2.21. The number of halogens is 2. The SMILES string of the molecule is O=C(NCCc1cc(Br)ccc1F)C1CSCN1. The Labute approximate surface area is 118 Å². The fraction of sp³-hybridized carbons (Fsp3) is 0.417. The van der Waals surface area contributed by atoms with E-state index in [1.165, 1.54) is 6.07 Å². The summed E-state index contributed by atoms with van der Waals surface area (Å²) in [5.74, 6) is 1.38. The summed E-state index contributed by atoms with van der Waals surface area (Å²) in [4.78, 5) is 11.7. The van der Waals surface area contributed by atoms with Gasteiger partial charge in [0.1, 0.15) is 5.82 Å². The maximum atomic E-state index is 13.4. The maximum absolute atomic E-state index is 13.4. The van der Waals surface area contributed by atoms with Crippen molar-refractivity contribution in [3.05, 3.63) is 34.1 Å². The van der Waals surface area contributed by atoms with E-state index in [1.54, 1.807) is 23.9 Å². The third kappa shape index (κ3) is 3.70. The summed E-state index contributed by atoms with van der Waals surface area (Å²) >= 11 is 5.01. The Hall–Kier alpha value is -0.590. The quantitative estimate of drug-likeness (QED) is 0.884. The van der Waals surface area contributed by atoms with Crippen LogP contribution in [0.5, 0.6) is 0 Å². The smallest absolute Gasteiger partial charge is 0.238 e. The van der Waals surface area contributed by atoms with Crippen molar-refractivity contribution >= 4 is 33.6 Å². The number of hydrogen-bond donors (Lipinski definition) is 2. The van der Waals surface area contributed by atoms with Crippen molar-refractivity contribution in [3.8, 4) is 0 Å². The fourth-order valence-electron chi connectivity index (χ4n) is 1.74. The molecule has 0 radical (unpaired) electrons. The van der Waals surface area contributed by atoms with Gasteiger partial charge in [0.2, 0.25) is 5.91 Å². The first-order valence-electron chi connectivity index (χ1n) is 5.69. The lowest BCUT2D eigenvalue weighted by atomic mass is 10.1. The summed E-state index contributed by atoms with van der Waals surface area (Å²) in [6, 6.07) is 4.72. The minimum Gasteiger partial charge on any atom is -0.354 e. The number of rotatable bonds is 4. The van der Waals surface area contributed by atoms with Crippen LogP contribution in [0.1, 0.15) is 5.56 Å². The Balaban J connectivity index is 1.81. The maximum Gasteiger partial charge on any atom is 0.238 e. The zero-order chi connectivity index (χ0) is 13.0. The van der Waals surface area contributed by atoms with Gasteiger partial charge in [-0.25, -0.2) is 4.39 Å². The van der Waals surface area contributed by atoms with Gasteiger partial charge in [0.15, 0.2) is 0 Å². The molecule has 1 fully saturated rings. The summed E-state index contributed by atoms with van der Waals surface area (Å²) in [6.45, 7) is 0.453. The molecule has 18 heavy (non-hydrogen) atoms. The molecule has 1 aromatic rings. The van der Waals surface area contributed by atoms with Crippen LogP contribution in [0.4, 0.5) is 4.39 Å². The van der Waals surface area contributed by atoms with Crippen LogP contribution in [0.3, 0.4) is 0 Å². The molecule has 2 N–H and O–H groups in total. The van der Waals surface area contributed by atoms with Crippen LogP contribution in [-0.2, 0) is 11.2 Å². The standard InChI is InChI=1S/C12H14BrFN2OS/c13-9-1-2-10(14)8(5-9)3-4-15-12(17)11-6-18-7-16-11/h1-2,5,11,16H,3-4,6-7H2,(H,15,17). The molecular formula is C12H14BrFN2OS. The van der Waals surface area contributed by atoms with Crippen LogP contribution >= 0.6 is 27.7 Å². The molecule has 0 spiro atoms. The minimum absolute atomic E-state index is 0.00425. The van der Waals surface area contributed by atoms with Gasteiger partial charge in [0, 0.05) is 22.6 Å². The van der Waals surface area contributed by atoms with E-state index in [9.17, 15) is 9.18 Å². The minimum atomic E-state index is -0.234. The Bertz CT molecular complexity index is 438. The molecule has 3 nitrogen and oxygen atoms in total. The molecule has 1 atom stereocenters. The number of carbonyl (C=O) groups is 1. The first kappa shape index (κ1) is 13.8. The summed E-state index contributed by atoms with van der Waals surface area (Å²) in [7, 11) is 0. The lowest BCUT2D eigenvalue weighted by Gasteiger charge is -2.10. The fourth-order valence-corrected chi connectivity index (χ4v) is 3.09. The summed E-state index contributed by atoms with van der Waals surface area (Å²) in [5, 5.41) is 5.92. The highest BCUT2D eigenvalue weighted by Crippen LogP contribution is 2.15. The number of hydrogen-bond acceptors (Lipinski definition) is 3. The van der Waals surface area contributed by atoms with Gasteiger partial charge >= 0.3 is 0 Å². The van der Waals surface area contributed by atoms with E-state index < -0.39 is 0 Å². The number of carbonyl (C=O) groups excluding carboxylic acids is 1. The molecule has 1 unspecified atom stereocenters. The number of thioether (sulfide) groups is 1. The van der Waals surface area contributed by atoms with Gasteiger partial charge in [-0.15, -0.1) is 11.8 Å².